The van der Waals surface area contributed by atoms with E-state index in [1.807, 2.05) is 0 Å². The van der Waals surface area contributed by atoms with E-state index in [1.54, 1.807) is 12.0 Å². The monoisotopic (exact) mass is 229 g/mol. The first-order chi connectivity index (χ1) is 7.63. The molecule has 1 heterocycles. The molecule has 6 heteroatoms. The van der Waals surface area contributed by atoms with E-state index >= 15 is 0 Å². The highest BCUT2D eigenvalue weighted by molar-refractivity contribution is 5.83. The van der Waals surface area contributed by atoms with Crippen molar-refractivity contribution in [1.82, 2.24) is 10.2 Å². The molecule has 0 saturated carbocycles. The van der Waals surface area contributed by atoms with Crippen molar-refractivity contribution in [2.75, 3.05) is 33.4 Å². The van der Waals surface area contributed by atoms with Gasteiger partial charge in [-0.2, -0.15) is 0 Å². The molecule has 0 aromatic carbocycles. The molecule has 0 aromatic heterocycles. The van der Waals surface area contributed by atoms with Gasteiger partial charge in [0.25, 0.3) is 0 Å². The first-order valence-corrected chi connectivity index (χ1v) is 5.43. The van der Waals surface area contributed by atoms with E-state index in [0.717, 1.165) is 19.4 Å². The predicted octanol–water partition coefficient (Wildman–Crippen LogP) is -0.460. The summed E-state index contributed by atoms with van der Waals surface area (Å²) in [5, 5.41) is 2.31. The van der Waals surface area contributed by atoms with Gasteiger partial charge in [0.1, 0.15) is 0 Å². The number of nitrogens with two attached hydrogens (primary N) is 1. The summed E-state index contributed by atoms with van der Waals surface area (Å²) in [6.45, 7) is 2.11. The van der Waals surface area contributed by atoms with Crippen molar-refractivity contribution in [2.45, 2.75) is 12.8 Å². The van der Waals surface area contributed by atoms with Crippen LogP contribution < -0.4 is 11.1 Å². The summed E-state index contributed by atoms with van der Waals surface area (Å²) < 4.78 is 5.08. The molecule has 92 valence electrons. The molecule has 1 atom stereocenters. The largest absolute Gasteiger partial charge is 0.384 e. The number of hydrogen-bond acceptors (Lipinski definition) is 3. The molecule has 3 N–H and O–H groups in total. The van der Waals surface area contributed by atoms with Gasteiger partial charge in [-0.1, -0.05) is 0 Å². The van der Waals surface area contributed by atoms with Gasteiger partial charge in [0.15, 0.2) is 0 Å². The lowest BCUT2D eigenvalue weighted by Gasteiger charge is -2.32. The van der Waals surface area contributed by atoms with Gasteiger partial charge < -0.3 is 20.7 Å². The first-order valence-electron chi connectivity index (χ1n) is 5.43. The van der Waals surface area contributed by atoms with Crippen molar-refractivity contribution < 1.29 is 14.3 Å². The molecule has 1 fully saturated rings. The zero-order valence-electron chi connectivity index (χ0n) is 9.57. The van der Waals surface area contributed by atoms with E-state index in [9.17, 15) is 9.59 Å². The molecular formula is C10H19N3O3. The molecule has 3 amide bonds. The second-order valence-electron chi connectivity index (χ2n) is 4.02. The normalized spacial score (nSPS) is 20.6. The van der Waals surface area contributed by atoms with Gasteiger partial charge in [-0.15, -0.1) is 0 Å². The lowest BCUT2D eigenvalue weighted by atomic mass is 9.99. The molecule has 0 aliphatic carbocycles. The summed E-state index contributed by atoms with van der Waals surface area (Å²) in [5.74, 6) is 0.316. The number of rotatable bonds is 4. The second-order valence-corrected chi connectivity index (χ2v) is 4.02. The van der Waals surface area contributed by atoms with Crippen LogP contribution in [0.5, 0.6) is 0 Å². The smallest absolute Gasteiger partial charge is 0.312 e. The number of nitrogens with zero attached hydrogens (tertiary/aromatic N) is 1. The average Bonchev–Trinajstić information content (AvgIpc) is 2.26. The van der Waals surface area contributed by atoms with Crippen LogP contribution >= 0.6 is 0 Å². The molecule has 0 aromatic rings. The van der Waals surface area contributed by atoms with Crippen LogP contribution in [0.1, 0.15) is 12.8 Å². The fourth-order valence-electron chi connectivity index (χ4n) is 1.94. The van der Waals surface area contributed by atoms with Crippen molar-refractivity contribution in [2.24, 2.45) is 11.7 Å². The Morgan fingerprint density at radius 1 is 1.56 bits per heavy atom. The molecule has 1 aliphatic rings. The number of methoxy groups -OCH3 is 1. The number of hydrogen-bond donors (Lipinski definition) is 2. The van der Waals surface area contributed by atoms with Gasteiger partial charge in [0.05, 0.1) is 13.2 Å². The van der Waals surface area contributed by atoms with E-state index in [1.165, 1.54) is 0 Å². The molecular weight excluding hydrogens is 210 g/mol. The number of amides is 3. The number of carbonyl (C=O) groups excluding carboxylic acids is 2. The maximum absolute atomic E-state index is 11.7. The number of likely N-dealkylation sites (tertiary alicyclic amines) is 1. The lowest BCUT2D eigenvalue weighted by molar-refractivity contribution is -0.132. The van der Waals surface area contributed by atoms with Crippen LogP contribution in [0.15, 0.2) is 0 Å². The van der Waals surface area contributed by atoms with E-state index in [0.29, 0.717) is 19.1 Å². The van der Waals surface area contributed by atoms with E-state index in [-0.39, 0.29) is 12.5 Å². The summed E-state index contributed by atoms with van der Waals surface area (Å²) in [6, 6.07) is -0.668. The summed E-state index contributed by atoms with van der Waals surface area (Å²) in [5.41, 5.74) is 4.90. The number of nitrogens with one attached hydrogen (secondary N) is 1. The highest BCUT2D eigenvalue weighted by Crippen LogP contribution is 2.16. The van der Waals surface area contributed by atoms with Gasteiger partial charge >= 0.3 is 6.03 Å². The van der Waals surface area contributed by atoms with Crippen LogP contribution in [0.4, 0.5) is 4.79 Å². The van der Waals surface area contributed by atoms with E-state index in [2.05, 4.69) is 5.32 Å². The molecule has 1 aliphatic heterocycles. The summed E-state index contributed by atoms with van der Waals surface area (Å²) in [4.78, 5) is 23.9. The van der Waals surface area contributed by atoms with Crippen LogP contribution in [0.25, 0.3) is 0 Å². The molecule has 1 unspecified atom stereocenters. The van der Waals surface area contributed by atoms with E-state index in [4.69, 9.17) is 10.5 Å². The third kappa shape index (κ3) is 4.06. The van der Waals surface area contributed by atoms with Gasteiger partial charge in [-0.05, 0) is 18.8 Å². The van der Waals surface area contributed by atoms with Crippen LogP contribution in [0.3, 0.4) is 0 Å². The molecule has 0 spiro atoms. The van der Waals surface area contributed by atoms with Crippen LogP contribution in [-0.2, 0) is 9.53 Å². The van der Waals surface area contributed by atoms with E-state index < -0.39 is 6.03 Å². The van der Waals surface area contributed by atoms with Crippen LogP contribution in [0, 0.1) is 5.92 Å². The van der Waals surface area contributed by atoms with Gasteiger partial charge in [-0.3, -0.25) is 4.79 Å². The highest BCUT2D eigenvalue weighted by Gasteiger charge is 2.23. The van der Waals surface area contributed by atoms with Crippen molar-refractivity contribution in [1.29, 1.82) is 0 Å². The van der Waals surface area contributed by atoms with Crippen molar-refractivity contribution in [3.63, 3.8) is 0 Å². The van der Waals surface area contributed by atoms with Crippen molar-refractivity contribution in [3.05, 3.63) is 0 Å². The fraction of sp³-hybridized carbons (Fsp3) is 0.800. The van der Waals surface area contributed by atoms with Crippen LogP contribution in [-0.4, -0.2) is 50.2 Å². The summed E-state index contributed by atoms with van der Waals surface area (Å²) in [6.07, 6.45) is 2.07. The molecule has 1 saturated heterocycles. The zero-order valence-corrected chi connectivity index (χ0v) is 9.57. The van der Waals surface area contributed by atoms with Gasteiger partial charge in [-0.25, -0.2) is 4.79 Å². The third-order valence-corrected chi connectivity index (χ3v) is 2.69. The molecule has 0 radical (unpaired) electrons. The fourth-order valence-corrected chi connectivity index (χ4v) is 1.94. The Morgan fingerprint density at radius 3 is 2.94 bits per heavy atom. The number of carbonyl (C=O) groups is 2. The Bertz CT molecular complexity index is 256. The summed E-state index contributed by atoms with van der Waals surface area (Å²) >= 11 is 0. The number of piperidine rings is 1. The summed E-state index contributed by atoms with van der Waals surface area (Å²) in [7, 11) is 1.66. The predicted molar refractivity (Wildman–Crippen MR) is 58.8 cm³/mol. The zero-order chi connectivity index (χ0) is 12.0. The van der Waals surface area contributed by atoms with Gasteiger partial charge in [0.2, 0.25) is 5.91 Å². The maximum atomic E-state index is 11.7. The Hall–Kier alpha value is -1.30. The number of urea groups is 1. The minimum Gasteiger partial charge on any atom is -0.384 e. The molecule has 0 bridgehead atoms. The molecule has 16 heavy (non-hydrogen) atoms. The Kier molecular flexibility index (Phi) is 5.04. The maximum Gasteiger partial charge on any atom is 0.312 e. The Balaban J connectivity index is 2.34. The Morgan fingerprint density at radius 2 is 2.31 bits per heavy atom. The highest BCUT2D eigenvalue weighted by atomic mass is 16.5. The molecule has 6 nitrogen and oxygen atoms in total. The average molecular weight is 229 g/mol. The van der Waals surface area contributed by atoms with Crippen molar-refractivity contribution >= 4 is 11.9 Å². The van der Waals surface area contributed by atoms with Gasteiger partial charge in [0, 0.05) is 20.2 Å². The SMILES string of the molecule is COCC1CCCN(C(=O)CNC(N)=O)C1. The topological polar surface area (TPSA) is 84.7 Å². The quantitative estimate of drug-likeness (QED) is 0.684. The van der Waals surface area contributed by atoms with Crippen LogP contribution in [0.2, 0.25) is 0 Å². The minimum absolute atomic E-state index is 0.0188. The minimum atomic E-state index is -0.668. The lowest BCUT2D eigenvalue weighted by Crippen LogP contribution is -2.46. The first kappa shape index (κ1) is 12.8. The Labute approximate surface area is 95.1 Å². The second kappa shape index (κ2) is 6.32. The molecule has 1 rings (SSSR count). The number of ether oxygens (including phenoxy) is 1. The van der Waals surface area contributed by atoms with Crippen molar-refractivity contribution in [3.8, 4) is 0 Å². The number of primary amides is 1. The third-order valence-electron chi connectivity index (χ3n) is 2.69. The standard InChI is InChI=1S/C10H19N3O3/c1-16-7-8-3-2-4-13(6-8)9(14)5-12-10(11)15/h8H,2-7H2,1H3,(H3,11,12,15).